The Kier molecular flexibility index (Phi) is 4.49. The van der Waals surface area contributed by atoms with Crippen LogP contribution in [-0.4, -0.2) is 22.0 Å². The van der Waals surface area contributed by atoms with Gasteiger partial charge in [0.1, 0.15) is 16.6 Å². The summed E-state index contributed by atoms with van der Waals surface area (Å²) in [5.41, 5.74) is 3.54. The molecule has 4 nitrogen and oxygen atoms in total. The zero-order valence-corrected chi connectivity index (χ0v) is 15.5. The van der Waals surface area contributed by atoms with Crippen molar-refractivity contribution in [3.8, 4) is 5.75 Å². The topological polar surface area (TPSA) is 55.4 Å². The lowest BCUT2D eigenvalue weighted by atomic mass is 9.93. The van der Waals surface area contributed by atoms with Gasteiger partial charge in [0.2, 0.25) is 5.91 Å². The molecule has 0 radical (unpaired) electrons. The number of thioether (sulfide) groups is 1. The lowest BCUT2D eigenvalue weighted by molar-refractivity contribution is -0.121. The number of hydrogen-bond donors (Lipinski definition) is 1. The molecule has 134 valence electrons. The third-order valence-electron chi connectivity index (χ3n) is 5.02. The van der Waals surface area contributed by atoms with Gasteiger partial charge in [0, 0.05) is 6.42 Å². The Hall–Kier alpha value is -2.27. The standard InChI is InChI=1S/C21H21NO3S/c1-21(19(23)22-20(24)26-21)13-15-7-10-18-16(11-15)8-9-17(25-18)12-14-5-3-2-4-6-14/h2-7,10-11,17H,8-9,12-13H2,1H3,(H,22,23,24)/t17-,21+/m1/s1. The third kappa shape index (κ3) is 3.49. The van der Waals surface area contributed by atoms with E-state index in [-0.39, 0.29) is 17.3 Å². The number of amides is 2. The molecule has 0 saturated carbocycles. The van der Waals surface area contributed by atoms with Crippen molar-refractivity contribution in [2.45, 2.75) is 43.5 Å². The Labute approximate surface area is 157 Å². The highest BCUT2D eigenvalue weighted by atomic mass is 32.2. The fourth-order valence-corrected chi connectivity index (χ4v) is 4.57. The molecule has 2 aromatic carbocycles. The van der Waals surface area contributed by atoms with Crippen LogP contribution in [0.25, 0.3) is 0 Å². The van der Waals surface area contributed by atoms with E-state index < -0.39 is 4.75 Å². The first-order chi connectivity index (χ1) is 12.5. The van der Waals surface area contributed by atoms with Gasteiger partial charge in [-0.2, -0.15) is 0 Å². The van der Waals surface area contributed by atoms with Crippen LogP contribution < -0.4 is 10.1 Å². The molecule has 1 N–H and O–H groups in total. The van der Waals surface area contributed by atoms with E-state index in [9.17, 15) is 9.59 Å². The maximum Gasteiger partial charge on any atom is 0.286 e. The van der Waals surface area contributed by atoms with Crippen LogP contribution in [-0.2, 0) is 24.1 Å². The first kappa shape index (κ1) is 17.2. The van der Waals surface area contributed by atoms with Gasteiger partial charge in [-0.3, -0.25) is 14.9 Å². The second-order valence-corrected chi connectivity index (χ2v) is 8.64. The molecular formula is C21H21NO3S. The van der Waals surface area contributed by atoms with Gasteiger partial charge < -0.3 is 4.74 Å². The van der Waals surface area contributed by atoms with E-state index in [1.165, 1.54) is 11.1 Å². The summed E-state index contributed by atoms with van der Waals surface area (Å²) in [4.78, 5) is 23.5. The SMILES string of the molecule is C[C@@]1(Cc2ccc3c(c2)CC[C@H](Cc2ccccc2)O3)SC(=O)NC1=O. The number of imide groups is 1. The fraction of sp³-hybridized carbons (Fsp3) is 0.333. The Bertz CT molecular complexity index is 852. The Morgan fingerprint density at radius 3 is 2.69 bits per heavy atom. The lowest BCUT2D eigenvalue weighted by Crippen LogP contribution is -2.35. The molecule has 0 aromatic heterocycles. The summed E-state index contributed by atoms with van der Waals surface area (Å²) in [6.07, 6.45) is 3.60. The number of ether oxygens (including phenoxy) is 1. The molecule has 4 rings (SSSR count). The summed E-state index contributed by atoms with van der Waals surface area (Å²) < 4.78 is 5.46. The number of carbonyl (C=O) groups excluding carboxylic acids is 2. The second kappa shape index (κ2) is 6.80. The molecule has 1 saturated heterocycles. The Morgan fingerprint density at radius 2 is 1.96 bits per heavy atom. The minimum absolute atomic E-state index is 0.196. The van der Waals surface area contributed by atoms with Crippen molar-refractivity contribution in [2.75, 3.05) is 0 Å². The molecule has 5 heteroatoms. The van der Waals surface area contributed by atoms with Crippen molar-refractivity contribution in [2.24, 2.45) is 0 Å². The molecule has 26 heavy (non-hydrogen) atoms. The predicted octanol–water partition coefficient (Wildman–Crippen LogP) is 3.91. The quantitative estimate of drug-likeness (QED) is 0.890. The predicted molar refractivity (Wildman–Crippen MR) is 103 cm³/mol. The van der Waals surface area contributed by atoms with Gasteiger partial charge >= 0.3 is 0 Å². The van der Waals surface area contributed by atoms with Crippen molar-refractivity contribution >= 4 is 22.9 Å². The maximum absolute atomic E-state index is 12.0. The monoisotopic (exact) mass is 367 g/mol. The number of nitrogens with one attached hydrogen (secondary N) is 1. The van der Waals surface area contributed by atoms with Crippen LogP contribution in [0.1, 0.15) is 30.0 Å². The van der Waals surface area contributed by atoms with Gasteiger partial charge in [0.15, 0.2) is 0 Å². The van der Waals surface area contributed by atoms with Gasteiger partial charge in [0.25, 0.3) is 5.24 Å². The molecule has 0 unspecified atom stereocenters. The number of aryl methyl sites for hydroxylation is 1. The molecule has 2 heterocycles. The zero-order valence-electron chi connectivity index (χ0n) is 14.7. The van der Waals surface area contributed by atoms with E-state index in [0.717, 1.165) is 42.3 Å². The lowest BCUT2D eigenvalue weighted by Gasteiger charge is -2.27. The molecule has 2 atom stereocenters. The van der Waals surface area contributed by atoms with Crippen molar-refractivity contribution in [3.05, 3.63) is 65.2 Å². The van der Waals surface area contributed by atoms with Crippen LogP contribution in [0.2, 0.25) is 0 Å². The summed E-state index contributed by atoms with van der Waals surface area (Å²) in [6.45, 7) is 1.82. The van der Waals surface area contributed by atoms with E-state index >= 15 is 0 Å². The van der Waals surface area contributed by atoms with E-state index in [1.807, 2.05) is 25.1 Å². The molecular weight excluding hydrogens is 346 g/mol. The van der Waals surface area contributed by atoms with Gasteiger partial charge in [-0.05, 0) is 60.7 Å². The highest BCUT2D eigenvalue weighted by Gasteiger charge is 2.43. The Morgan fingerprint density at radius 1 is 1.15 bits per heavy atom. The van der Waals surface area contributed by atoms with Crippen molar-refractivity contribution in [3.63, 3.8) is 0 Å². The highest BCUT2D eigenvalue weighted by molar-refractivity contribution is 8.16. The van der Waals surface area contributed by atoms with Crippen LogP contribution in [0.15, 0.2) is 48.5 Å². The molecule has 0 aliphatic carbocycles. The molecule has 0 spiro atoms. The summed E-state index contributed by atoms with van der Waals surface area (Å²) in [6, 6.07) is 16.5. The third-order valence-corrected chi connectivity index (χ3v) is 6.08. The summed E-state index contributed by atoms with van der Waals surface area (Å²) >= 11 is 1.08. The zero-order chi connectivity index (χ0) is 18.1. The number of rotatable bonds is 4. The van der Waals surface area contributed by atoms with Crippen molar-refractivity contribution in [1.82, 2.24) is 5.32 Å². The van der Waals surface area contributed by atoms with Crippen LogP contribution in [0, 0.1) is 0 Å². The average molecular weight is 367 g/mol. The van der Waals surface area contributed by atoms with E-state index in [4.69, 9.17) is 4.74 Å². The Balaban J connectivity index is 1.46. The van der Waals surface area contributed by atoms with Crippen molar-refractivity contribution < 1.29 is 14.3 Å². The average Bonchev–Trinajstić information content (AvgIpc) is 2.87. The van der Waals surface area contributed by atoms with Gasteiger partial charge in [0.05, 0.1) is 0 Å². The maximum atomic E-state index is 12.0. The highest BCUT2D eigenvalue weighted by Crippen LogP contribution is 2.36. The minimum Gasteiger partial charge on any atom is -0.490 e. The van der Waals surface area contributed by atoms with Crippen LogP contribution >= 0.6 is 11.8 Å². The van der Waals surface area contributed by atoms with Crippen LogP contribution in [0.5, 0.6) is 5.75 Å². The summed E-state index contributed by atoms with van der Waals surface area (Å²) in [5, 5.41) is 2.12. The molecule has 2 aromatic rings. The van der Waals surface area contributed by atoms with Gasteiger partial charge in [-0.25, -0.2) is 0 Å². The summed E-state index contributed by atoms with van der Waals surface area (Å²) in [5.74, 6) is 0.732. The normalized spacial score (nSPS) is 24.7. The molecule has 1 fully saturated rings. The van der Waals surface area contributed by atoms with Crippen molar-refractivity contribution in [1.29, 1.82) is 0 Å². The summed E-state index contributed by atoms with van der Waals surface area (Å²) in [7, 11) is 0. The fourth-order valence-electron chi connectivity index (χ4n) is 3.64. The van der Waals surface area contributed by atoms with Gasteiger partial charge in [-0.1, -0.05) is 42.5 Å². The van der Waals surface area contributed by atoms with E-state index in [1.54, 1.807) is 0 Å². The second-order valence-electron chi connectivity index (χ2n) is 7.16. The minimum atomic E-state index is -0.726. The van der Waals surface area contributed by atoms with Gasteiger partial charge in [-0.15, -0.1) is 0 Å². The number of carbonyl (C=O) groups is 2. The molecule has 2 aliphatic rings. The molecule has 2 aliphatic heterocycles. The first-order valence-electron chi connectivity index (χ1n) is 8.89. The largest absolute Gasteiger partial charge is 0.490 e. The van der Waals surface area contributed by atoms with E-state index in [0.29, 0.717) is 6.42 Å². The molecule has 0 bridgehead atoms. The van der Waals surface area contributed by atoms with Crippen LogP contribution in [0.4, 0.5) is 4.79 Å². The smallest absolute Gasteiger partial charge is 0.286 e. The number of fused-ring (bicyclic) bond motifs is 1. The van der Waals surface area contributed by atoms with Crippen LogP contribution in [0.3, 0.4) is 0 Å². The first-order valence-corrected chi connectivity index (χ1v) is 9.70. The molecule has 2 amide bonds. The van der Waals surface area contributed by atoms with E-state index in [2.05, 4.69) is 35.6 Å². The number of benzene rings is 2. The number of hydrogen-bond acceptors (Lipinski definition) is 4.